The van der Waals surface area contributed by atoms with Gasteiger partial charge in [-0.1, -0.05) is 25.8 Å². The van der Waals surface area contributed by atoms with E-state index in [0.29, 0.717) is 0 Å². The summed E-state index contributed by atoms with van der Waals surface area (Å²) in [6.45, 7) is 2.21. The first-order chi connectivity index (χ1) is 5.43. The van der Waals surface area contributed by atoms with Gasteiger partial charge in [0.1, 0.15) is 0 Å². The number of hydrogen-bond acceptors (Lipinski definition) is 0. The van der Waals surface area contributed by atoms with Gasteiger partial charge in [-0.05, 0) is 24.6 Å². The third kappa shape index (κ3) is 3.08. The van der Waals surface area contributed by atoms with E-state index >= 15 is 0 Å². The molecule has 0 unspecified atom stereocenters. The van der Waals surface area contributed by atoms with Gasteiger partial charge in [-0.2, -0.15) is 0 Å². The van der Waals surface area contributed by atoms with Crippen molar-refractivity contribution < 1.29 is 0 Å². The van der Waals surface area contributed by atoms with Crippen LogP contribution in [-0.4, -0.2) is 4.98 Å². The fourth-order valence-electron chi connectivity index (χ4n) is 0.980. The van der Waals surface area contributed by atoms with Crippen LogP contribution < -0.4 is 0 Å². The van der Waals surface area contributed by atoms with Gasteiger partial charge < -0.3 is 4.98 Å². The number of allylic oxidation sites excluding steroid dienone is 1. The van der Waals surface area contributed by atoms with Gasteiger partial charge in [0, 0.05) is 11.9 Å². The maximum Gasteiger partial charge on any atom is 0.0377 e. The van der Waals surface area contributed by atoms with Crippen LogP contribution in [0.25, 0.3) is 6.08 Å². The number of hydrogen-bond donors (Lipinski definition) is 1. The van der Waals surface area contributed by atoms with Crippen LogP contribution in [-0.2, 0) is 0 Å². The van der Waals surface area contributed by atoms with Gasteiger partial charge in [-0.25, -0.2) is 0 Å². The summed E-state index contributed by atoms with van der Waals surface area (Å²) >= 11 is 0. The topological polar surface area (TPSA) is 15.8 Å². The number of rotatable bonds is 4. The Bertz CT molecular complexity index is 197. The van der Waals surface area contributed by atoms with Crippen molar-refractivity contribution in [1.29, 1.82) is 0 Å². The fourth-order valence-corrected chi connectivity index (χ4v) is 0.980. The molecule has 11 heavy (non-hydrogen) atoms. The highest BCUT2D eigenvalue weighted by Gasteiger charge is 1.82. The van der Waals surface area contributed by atoms with Crippen molar-refractivity contribution in [2.24, 2.45) is 0 Å². The quantitative estimate of drug-likeness (QED) is 0.633. The van der Waals surface area contributed by atoms with Gasteiger partial charge in [-0.3, -0.25) is 0 Å². The highest BCUT2D eigenvalue weighted by atomic mass is 14.7. The van der Waals surface area contributed by atoms with Crippen LogP contribution >= 0.6 is 0 Å². The lowest BCUT2D eigenvalue weighted by atomic mass is 10.2. The second-order valence-electron chi connectivity index (χ2n) is 2.67. The molecule has 0 aliphatic carbocycles. The molecule has 1 aromatic heterocycles. The van der Waals surface area contributed by atoms with E-state index in [0.717, 1.165) is 0 Å². The molecule has 0 fully saturated rings. The third-order valence-electron chi connectivity index (χ3n) is 1.64. The summed E-state index contributed by atoms with van der Waals surface area (Å²) in [5.41, 5.74) is 1.20. The van der Waals surface area contributed by atoms with Crippen LogP contribution in [0.3, 0.4) is 0 Å². The van der Waals surface area contributed by atoms with Crippen molar-refractivity contribution in [3.8, 4) is 0 Å². The maximum absolute atomic E-state index is 3.13. The SMILES string of the molecule is CCCC/C=C/c1ccc[nH]1. The van der Waals surface area contributed by atoms with E-state index in [9.17, 15) is 0 Å². The smallest absolute Gasteiger partial charge is 0.0377 e. The predicted molar refractivity (Wildman–Crippen MR) is 49.4 cm³/mol. The first kappa shape index (κ1) is 8.12. The van der Waals surface area contributed by atoms with Crippen molar-refractivity contribution in [2.75, 3.05) is 0 Å². The molecule has 60 valence electrons. The summed E-state index contributed by atoms with van der Waals surface area (Å²) < 4.78 is 0. The van der Waals surface area contributed by atoms with E-state index in [1.165, 1.54) is 25.0 Å². The van der Waals surface area contributed by atoms with Gasteiger partial charge in [0.15, 0.2) is 0 Å². The number of H-pyrrole nitrogens is 1. The highest BCUT2D eigenvalue weighted by Crippen LogP contribution is 2.01. The fraction of sp³-hybridized carbons (Fsp3) is 0.400. The molecule has 0 radical (unpaired) electrons. The summed E-state index contributed by atoms with van der Waals surface area (Å²) in [7, 11) is 0. The zero-order chi connectivity index (χ0) is 7.94. The van der Waals surface area contributed by atoms with E-state index < -0.39 is 0 Å². The Morgan fingerprint density at radius 3 is 3.09 bits per heavy atom. The van der Waals surface area contributed by atoms with E-state index in [4.69, 9.17) is 0 Å². The van der Waals surface area contributed by atoms with Gasteiger partial charge in [-0.15, -0.1) is 0 Å². The molecule has 1 heterocycles. The van der Waals surface area contributed by atoms with Gasteiger partial charge in [0.25, 0.3) is 0 Å². The second kappa shape index (κ2) is 4.78. The van der Waals surface area contributed by atoms with Crippen LogP contribution in [0.4, 0.5) is 0 Å². The van der Waals surface area contributed by atoms with Crippen molar-refractivity contribution in [2.45, 2.75) is 26.2 Å². The zero-order valence-corrected chi connectivity index (χ0v) is 7.01. The minimum Gasteiger partial charge on any atom is -0.362 e. The first-order valence-corrected chi connectivity index (χ1v) is 4.23. The lowest BCUT2D eigenvalue weighted by Gasteiger charge is -1.87. The minimum absolute atomic E-state index is 1.19. The summed E-state index contributed by atoms with van der Waals surface area (Å²) in [5.74, 6) is 0. The van der Waals surface area contributed by atoms with E-state index in [-0.39, 0.29) is 0 Å². The zero-order valence-electron chi connectivity index (χ0n) is 7.01. The number of unbranched alkanes of at least 4 members (excludes halogenated alkanes) is 2. The molecule has 0 amide bonds. The molecular formula is C10H15N. The van der Waals surface area contributed by atoms with Crippen LogP contribution in [0.2, 0.25) is 0 Å². The lowest BCUT2D eigenvalue weighted by molar-refractivity contribution is 0.816. The van der Waals surface area contributed by atoms with Gasteiger partial charge in [0.05, 0.1) is 0 Å². The molecular weight excluding hydrogens is 134 g/mol. The summed E-state index contributed by atoms with van der Waals surface area (Å²) in [6.07, 6.45) is 10.0. The maximum atomic E-state index is 3.13. The molecule has 1 heteroatoms. The Morgan fingerprint density at radius 1 is 1.55 bits per heavy atom. The molecule has 1 aromatic rings. The Hall–Kier alpha value is -0.980. The normalized spacial score (nSPS) is 11.0. The Kier molecular flexibility index (Phi) is 3.53. The van der Waals surface area contributed by atoms with Crippen LogP contribution in [0.5, 0.6) is 0 Å². The Morgan fingerprint density at radius 2 is 2.45 bits per heavy atom. The molecule has 1 nitrogen and oxygen atoms in total. The molecule has 0 saturated heterocycles. The monoisotopic (exact) mass is 149 g/mol. The Labute approximate surface area is 68.1 Å². The van der Waals surface area contributed by atoms with Crippen LogP contribution in [0.15, 0.2) is 24.4 Å². The van der Waals surface area contributed by atoms with E-state index in [2.05, 4.69) is 30.1 Å². The molecule has 0 aliphatic rings. The van der Waals surface area contributed by atoms with Crippen molar-refractivity contribution in [1.82, 2.24) is 4.98 Å². The molecule has 0 atom stereocenters. The molecule has 0 bridgehead atoms. The standard InChI is InChI=1S/C10H15N/c1-2-3-4-5-7-10-8-6-9-11-10/h5-9,11H,2-4H2,1H3/b7-5+. The largest absolute Gasteiger partial charge is 0.362 e. The second-order valence-corrected chi connectivity index (χ2v) is 2.67. The average Bonchev–Trinajstić information content (AvgIpc) is 2.50. The summed E-state index contributed by atoms with van der Waals surface area (Å²) in [6, 6.07) is 4.09. The molecule has 1 N–H and O–H groups in total. The van der Waals surface area contributed by atoms with E-state index in [1.807, 2.05) is 12.3 Å². The molecule has 0 aromatic carbocycles. The Balaban J connectivity index is 2.25. The molecule has 1 rings (SSSR count). The number of aromatic nitrogens is 1. The molecule has 0 spiro atoms. The van der Waals surface area contributed by atoms with Crippen molar-refractivity contribution >= 4 is 6.08 Å². The van der Waals surface area contributed by atoms with Gasteiger partial charge >= 0.3 is 0 Å². The molecule has 0 saturated carbocycles. The molecule has 0 aliphatic heterocycles. The number of nitrogens with one attached hydrogen (secondary N) is 1. The number of aromatic amines is 1. The van der Waals surface area contributed by atoms with Crippen molar-refractivity contribution in [3.63, 3.8) is 0 Å². The first-order valence-electron chi connectivity index (χ1n) is 4.23. The predicted octanol–water partition coefficient (Wildman–Crippen LogP) is 3.22. The lowest BCUT2D eigenvalue weighted by Crippen LogP contribution is -1.69. The third-order valence-corrected chi connectivity index (χ3v) is 1.64. The minimum atomic E-state index is 1.19. The van der Waals surface area contributed by atoms with E-state index in [1.54, 1.807) is 0 Å². The average molecular weight is 149 g/mol. The summed E-state index contributed by atoms with van der Waals surface area (Å²) in [5, 5.41) is 0. The highest BCUT2D eigenvalue weighted by molar-refractivity contribution is 5.43. The van der Waals surface area contributed by atoms with Crippen LogP contribution in [0, 0.1) is 0 Å². The van der Waals surface area contributed by atoms with Crippen molar-refractivity contribution in [3.05, 3.63) is 30.1 Å². The summed E-state index contributed by atoms with van der Waals surface area (Å²) in [4.78, 5) is 3.13. The van der Waals surface area contributed by atoms with Crippen LogP contribution in [0.1, 0.15) is 31.9 Å². The van der Waals surface area contributed by atoms with Gasteiger partial charge in [0.2, 0.25) is 0 Å².